The fraction of sp³-hybridized carbons (Fsp3) is 0.143. The lowest BCUT2D eigenvalue weighted by Gasteiger charge is -2.39. The number of anilines is 6. The summed E-state index contributed by atoms with van der Waals surface area (Å²) in [4.78, 5) is 4.62. The second-order valence-electron chi connectivity index (χ2n) is 22.9. The number of rotatable bonds is 16. The zero-order valence-electron chi connectivity index (χ0n) is 49.9. The van der Waals surface area contributed by atoms with Gasteiger partial charge in [0, 0.05) is 39.5 Å². The number of benzene rings is 12. The molecule has 0 bridgehead atoms. The summed E-state index contributed by atoms with van der Waals surface area (Å²) < 4.78 is 0. The van der Waals surface area contributed by atoms with Crippen LogP contribution in [0.25, 0.3) is 22.3 Å². The molecule has 1 aliphatic rings. The molecule has 86 heavy (non-hydrogen) atoms. The molecule has 0 amide bonds. The van der Waals surface area contributed by atoms with E-state index in [0.717, 1.165) is 59.8 Å². The molecule has 1 aliphatic carbocycles. The highest BCUT2D eigenvalue weighted by atomic mass is 15.1. The van der Waals surface area contributed by atoms with E-state index in [1.54, 1.807) is 0 Å². The van der Waals surface area contributed by atoms with Gasteiger partial charge in [-0.25, -0.2) is 0 Å². The predicted molar refractivity (Wildman–Crippen MR) is 367 cm³/mol. The molecule has 0 N–H and O–H groups in total. The Bertz CT molecular complexity index is 3580. The normalized spacial score (nSPS) is 12.3. The maximum absolute atomic E-state index is 2.54. The summed E-state index contributed by atoms with van der Waals surface area (Å²) in [6.07, 6.45) is 10.4. The molecule has 0 spiro atoms. The lowest BCUT2D eigenvalue weighted by atomic mass is 9.65. The highest BCUT2D eigenvalue weighted by Crippen LogP contribution is 2.46. The van der Waals surface area contributed by atoms with Gasteiger partial charge in [0.1, 0.15) is 0 Å². The second-order valence-corrected chi connectivity index (χ2v) is 22.9. The highest BCUT2D eigenvalue weighted by Gasteiger charge is 2.36. The number of hydrogen-bond donors (Lipinski definition) is 0. The molecule has 13 rings (SSSR count). The third-order valence-electron chi connectivity index (χ3n) is 16.8. The Balaban J connectivity index is 0.000000483. The van der Waals surface area contributed by atoms with Gasteiger partial charge in [-0.15, -0.1) is 0 Å². The van der Waals surface area contributed by atoms with E-state index in [-0.39, 0.29) is 5.41 Å². The smallest absolute Gasteiger partial charge is 0.0462 e. The summed E-state index contributed by atoms with van der Waals surface area (Å²) in [5.74, 6) is 0. The maximum Gasteiger partial charge on any atom is 0.0462 e. The molecule has 0 atom stereocenters. The number of para-hydroxylation sites is 4. The minimum Gasteiger partial charge on any atom is -0.311 e. The van der Waals surface area contributed by atoms with Crippen LogP contribution < -0.4 is 9.80 Å². The molecule has 2 nitrogen and oxygen atoms in total. The van der Waals surface area contributed by atoms with Crippen LogP contribution >= 0.6 is 0 Å². The van der Waals surface area contributed by atoms with Crippen molar-refractivity contribution in [3.05, 3.63) is 372 Å². The first-order chi connectivity index (χ1) is 42.4. The summed E-state index contributed by atoms with van der Waals surface area (Å²) in [6.45, 7) is 4.17. The van der Waals surface area contributed by atoms with Gasteiger partial charge in [-0.05, 0) is 181 Å². The Morgan fingerprint density at radius 1 is 0.244 bits per heavy atom. The topological polar surface area (TPSA) is 6.48 Å². The number of aryl methyl sites for hydroxylation is 6. The molecule has 12 aromatic carbocycles. The monoisotopic (exact) mass is 1110 g/mol. The lowest BCUT2D eigenvalue weighted by molar-refractivity contribution is 0.345. The first-order valence-corrected chi connectivity index (χ1v) is 30.9. The summed E-state index contributed by atoms with van der Waals surface area (Å²) in [6, 6.07) is 119. The van der Waals surface area contributed by atoms with Crippen molar-refractivity contribution in [2.45, 2.75) is 77.0 Å². The Kier molecular flexibility index (Phi) is 19.7. The molecule has 2 heteroatoms. The van der Waals surface area contributed by atoms with Gasteiger partial charge >= 0.3 is 0 Å². The largest absolute Gasteiger partial charge is 0.311 e. The van der Waals surface area contributed by atoms with E-state index in [0.29, 0.717) is 0 Å². The first-order valence-electron chi connectivity index (χ1n) is 30.9. The molecule has 0 heterocycles. The van der Waals surface area contributed by atoms with E-state index < -0.39 is 0 Å². The predicted octanol–water partition coefficient (Wildman–Crippen LogP) is 22.8. The van der Waals surface area contributed by atoms with Gasteiger partial charge in [-0.3, -0.25) is 0 Å². The molecule has 1 fully saturated rings. The van der Waals surface area contributed by atoms with Gasteiger partial charge in [-0.1, -0.05) is 285 Å². The van der Waals surface area contributed by atoms with Gasteiger partial charge in [0.15, 0.2) is 0 Å². The molecule has 0 aromatic heterocycles. The molecular weight excluding hydrogens is 1040 g/mol. The summed E-state index contributed by atoms with van der Waals surface area (Å²) in [5.41, 5.74) is 23.1. The van der Waals surface area contributed by atoms with Crippen molar-refractivity contribution in [3.8, 4) is 22.3 Å². The van der Waals surface area contributed by atoms with E-state index in [1.165, 1.54) is 98.9 Å². The van der Waals surface area contributed by atoms with Crippen molar-refractivity contribution in [3.63, 3.8) is 0 Å². The molecular formula is C84H78N2. The molecule has 424 valence electrons. The molecule has 1 saturated carbocycles. The fourth-order valence-electron chi connectivity index (χ4n) is 12.1. The summed E-state index contributed by atoms with van der Waals surface area (Å²) >= 11 is 0. The van der Waals surface area contributed by atoms with Crippen molar-refractivity contribution in [1.82, 2.24) is 0 Å². The minimum atomic E-state index is 0.0527. The Morgan fingerprint density at radius 3 is 0.802 bits per heavy atom. The maximum atomic E-state index is 2.54. The van der Waals surface area contributed by atoms with Crippen molar-refractivity contribution in [2.75, 3.05) is 9.80 Å². The van der Waals surface area contributed by atoms with Crippen LogP contribution in [0.2, 0.25) is 0 Å². The average molecular weight is 1120 g/mol. The van der Waals surface area contributed by atoms with E-state index in [2.05, 4.69) is 315 Å². The van der Waals surface area contributed by atoms with Crippen molar-refractivity contribution >= 4 is 34.1 Å². The Labute approximate surface area is 512 Å². The Hall–Kier alpha value is -9.76. The third-order valence-corrected chi connectivity index (χ3v) is 16.8. The van der Waals surface area contributed by atoms with Crippen molar-refractivity contribution in [2.24, 2.45) is 0 Å². The minimum absolute atomic E-state index is 0.0527. The van der Waals surface area contributed by atoms with E-state index >= 15 is 0 Å². The van der Waals surface area contributed by atoms with E-state index in [4.69, 9.17) is 0 Å². The zero-order chi connectivity index (χ0) is 58.6. The third kappa shape index (κ3) is 15.1. The quantitative estimate of drug-likeness (QED) is 0.0951. The molecule has 0 saturated heterocycles. The van der Waals surface area contributed by atoms with Gasteiger partial charge in [0.05, 0.1) is 0 Å². The standard InChI is InChI=1S/C70H62N2.2C7H8/c1-6-22-64(23-7-1)71(65-24-8-2-9-25-65)68-46-42-60(43-47-68)58-38-34-54(35-39-58)30-32-56-18-16-20-62(52-56)70(50-14-5-15-51-70)63-21-17-19-57(53-63)33-31-55-36-40-59(41-37-55)61-44-48-69(49-45-61)72(66-26-10-3-11-27-66)67-28-12-4-13-29-67;2*1-7-5-3-2-4-6-7/h1-4,6-13,16-29,34-49,52-53H,5,14-15,30-33,50-51H2;2*2-6H,1H3. The second kappa shape index (κ2) is 29.2. The first kappa shape index (κ1) is 58.0. The van der Waals surface area contributed by atoms with Crippen LogP contribution in [-0.2, 0) is 31.1 Å². The fourth-order valence-corrected chi connectivity index (χ4v) is 12.1. The Morgan fingerprint density at radius 2 is 0.512 bits per heavy atom. The van der Waals surface area contributed by atoms with Crippen LogP contribution in [0.3, 0.4) is 0 Å². The molecule has 0 aliphatic heterocycles. The average Bonchev–Trinajstić information content (AvgIpc) is 2.79. The number of nitrogens with zero attached hydrogens (tertiary/aromatic N) is 2. The van der Waals surface area contributed by atoms with Crippen molar-refractivity contribution in [1.29, 1.82) is 0 Å². The van der Waals surface area contributed by atoms with E-state index in [1.807, 2.05) is 36.4 Å². The molecule has 12 aromatic rings. The zero-order valence-corrected chi connectivity index (χ0v) is 49.9. The molecule has 0 radical (unpaired) electrons. The SMILES string of the molecule is Cc1ccccc1.Cc1ccccc1.c1ccc(N(c2ccccc2)c2ccc(-c3ccc(CCc4cccc(C5(c6cccc(CCc7ccc(-c8ccc(N(c9ccccc9)c9ccccc9)cc8)cc7)c6)CCCCC5)c4)cc3)cc2)cc1. The molecule has 0 unspecified atom stereocenters. The summed E-state index contributed by atoms with van der Waals surface area (Å²) in [5, 5.41) is 0. The van der Waals surface area contributed by atoms with Crippen LogP contribution in [0, 0.1) is 13.8 Å². The van der Waals surface area contributed by atoms with Crippen molar-refractivity contribution < 1.29 is 0 Å². The lowest BCUT2D eigenvalue weighted by Crippen LogP contribution is -2.30. The van der Waals surface area contributed by atoms with Crippen LogP contribution in [-0.4, -0.2) is 0 Å². The van der Waals surface area contributed by atoms with Crippen LogP contribution in [0.5, 0.6) is 0 Å². The number of hydrogen-bond acceptors (Lipinski definition) is 2. The van der Waals surface area contributed by atoms with Gasteiger partial charge in [0.2, 0.25) is 0 Å². The van der Waals surface area contributed by atoms with Gasteiger partial charge < -0.3 is 9.80 Å². The summed E-state index contributed by atoms with van der Waals surface area (Å²) in [7, 11) is 0. The van der Waals surface area contributed by atoms with Crippen LogP contribution in [0.4, 0.5) is 34.1 Å². The van der Waals surface area contributed by atoms with Crippen LogP contribution in [0.15, 0.2) is 328 Å². The van der Waals surface area contributed by atoms with Gasteiger partial charge in [-0.2, -0.15) is 0 Å². The van der Waals surface area contributed by atoms with E-state index in [9.17, 15) is 0 Å². The van der Waals surface area contributed by atoms with Crippen LogP contribution in [0.1, 0.15) is 76.6 Å². The van der Waals surface area contributed by atoms with Gasteiger partial charge in [0.25, 0.3) is 0 Å². The highest BCUT2D eigenvalue weighted by molar-refractivity contribution is 5.80.